The van der Waals surface area contributed by atoms with Gasteiger partial charge in [-0.25, -0.2) is 0 Å². The third kappa shape index (κ3) is 2.43. The number of aliphatic hydroxyl groups is 1. The van der Waals surface area contributed by atoms with Gasteiger partial charge in [0.15, 0.2) is 0 Å². The number of aryl methyl sites for hydroxylation is 1. The first kappa shape index (κ1) is 13.2. The van der Waals surface area contributed by atoms with Crippen LogP contribution in [0.4, 0.5) is 0 Å². The minimum absolute atomic E-state index is 0.0329. The average Bonchev–Trinajstić information content (AvgIpc) is 2.79. The number of fused-ring (bicyclic) bond motifs is 1. The van der Waals surface area contributed by atoms with E-state index in [9.17, 15) is 9.90 Å². The Balaban J connectivity index is 1.68. The number of amides is 1. The highest BCUT2D eigenvalue weighted by molar-refractivity contribution is 5.91. The molecule has 0 bridgehead atoms. The zero-order chi connectivity index (χ0) is 14.2. The van der Waals surface area contributed by atoms with Crippen LogP contribution in [0.5, 0.6) is 0 Å². The SMILES string of the molecule is Cc1cccc2[nH]cc(CC(=O)NCC3(O)CCC3)c12. The molecule has 0 aliphatic heterocycles. The monoisotopic (exact) mass is 272 g/mol. The van der Waals surface area contributed by atoms with Crippen LogP contribution in [0.3, 0.4) is 0 Å². The topological polar surface area (TPSA) is 65.1 Å². The third-order valence-corrected chi connectivity index (χ3v) is 4.25. The molecular formula is C16H20N2O2. The summed E-state index contributed by atoms with van der Waals surface area (Å²) in [5, 5.41) is 14.0. The summed E-state index contributed by atoms with van der Waals surface area (Å²) in [5.74, 6) is -0.0329. The molecule has 20 heavy (non-hydrogen) atoms. The molecule has 1 aliphatic rings. The van der Waals surface area contributed by atoms with Gasteiger partial charge in [-0.05, 0) is 43.4 Å². The van der Waals surface area contributed by atoms with Crippen LogP contribution in [0.25, 0.3) is 10.9 Å². The summed E-state index contributed by atoms with van der Waals surface area (Å²) < 4.78 is 0. The van der Waals surface area contributed by atoms with Gasteiger partial charge in [-0.15, -0.1) is 0 Å². The number of hydrogen-bond acceptors (Lipinski definition) is 2. The molecule has 2 aromatic rings. The smallest absolute Gasteiger partial charge is 0.224 e. The van der Waals surface area contributed by atoms with E-state index in [4.69, 9.17) is 0 Å². The van der Waals surface area contributed by atoms with Crippen molar-refractivity contribution in [2.45, 2.75) is 38.2 Å². The average molecular weight is 272 g/mol. The van der Waals surface area contributed by atoms with E-state index < -0.39 is 5.60 Å². The summed E-state index contributed by atoms with van der Waals surface area (Å²) >= 11 is 0. The van der Waals surface area contributed by atoms with Crippen molar-refractivity contribution in [1.82, 2.24) is 10.3 Å². The van der Waals surface area contributed by atoms with E-state index in [1.165, 1.54) is 5.56 Å². The molecule has 0 radical (unpaired) electrons. The van der Waals surface area contributed by atoms with Crippen LogP contribution >= 0.6 is 0 Å². The fraction of sp³-hybridized carbons (Fsp3) is 0.438. The number of H-pyrrole nitrogens is 1. The van der Waals surface area contributed by atoms with E-state index >= 15 is 0 Å². The maximum absolute atomic E-state index is 12.0. The fourth-order valence-corrected chi connectivity index (χ4v) is 2.85. The van der Waals surface area contributed by atoms with Crippen LogP contribution in [0, 0.1) is 6.92 Å². The molecule has 1 aromatic carbocycles. The zero-order valence-electron chi connectivity index (χ0n) is 11.7. The summed E-state index contributed by atoms with van der Waals surface area (Å²) in [4.78, 5) is 15.2. The number of aromatic amines is 1. The van der Waals surface area contributed by atoms with E-state index in [1.54, 1.807) is 0 Å². The van der Waals surface area contributed by atoms with Crippen molar-refractivity contribution in [3.63, 3.8) is 0 Å². The molecule has 3 rings (SSSR count). The van der Waals surface area contributed by atoms with Crippen molar-refractivity contribution in [2.24, 2.45) is 0 Å². The van der Waals surface area contributed by atoms with E-state index in [-0.39, 0.29) is 5.91 Å². The Bertz CT molecular complexity index is 641. The standard InChI is InChI=1S/C16H20N2O2/c1-11-4-2-5-13-15(11)12(9-17-13)8-14(19)18-10-16(20)6-3-7-16/h2,4-5,9,17,20H,3,6-8,10H2,1H3,(H,18,19). The summed E-state index contributed by atoms with van der Waals surface area (Å²) in [5.41, 5.74) is 2.58. The molecule has 0 atom stereocenters. The third-order valence-electron chi connectivity index (χ3n) is 4.25. The van der Waals surface area contributed by atoms with Gasteiger partial charge < -0.3 is 15.4 Å². The van der Waals surface area contributed by atoms with Crippen LogP contribution in [-0.4, -0.2) is 28.1 Å². The van der Waals surface area contributed by atoms with Crippen molar-refractivity contribution < 1.29 is 9.90 Å². The first-order chi connectivity index (χ1) is 9.57. The Morgan fingerprint density at radius 2 is 2.25 bits per heavy atom. The molecule has 1 aromatic heterocycles. The van der Waals surface area contributed by atoms with Crippen LogP contribution in [-0.2, 0) is 11.2 Å². The molecule has 4 nitrogen and oxygen atoms in total. The van der Waals surface area contributed by atoms with Gasteiger partial charge in [-0.3, -0.25) is 4.79 Å². The number of hydrogen-bond donors (Lipinski definition) is 3. The van der Waals surface area contributed by atoms with E-state index in [0.29, 0.717) is 13.0 Å². The number of aromatic nitrogens is 1. The number of carbonyl (C=O) groups is 1. The lowest BCUT2D eigenvalue weighted by Gasteiger charge is -2.36. The van der Waals surface area contributed by atoms with E-state index in [2.05, 4.69) is 23.3 Å². The lowest BCUT2D eigenvalue weighted by Crippen LogP contribution is -2.48. The predicted molar refractivity (Wildman–Crippen MR) is 78.6 cm³/mol. The van der Waals surface area contributed by atoms with Gasteiger partial charge in [0.1, 0.15) is 0 Å². The highest BCUT2D eigenvalue weighted by Gasteiger charge is 2.34. The lowest BCUT2D eigenvalue weighted by molar-refractivity contribution is -0.122. The number of rotatable bonds is 4. The summed E-state index contributed by atoms with van der Waals surface area (Å²) in [7, 11) is 0. The van der Waals surface area contributed by atoms with Crippen molar-refractivity contribution >= 4 is 16.8 Å². The molecule has 1 fully saturated rings. The number of nitrogens with one attached hydrogen (secondary N) is 2. The highest BCUT2D eigenvalue weighted by atomic mass is 16.3. The first-order valence-electron chi connectivity index (χ1n) is 7.12. The van der Waals surface area contributed by atoms with Gasteiger partial charge >= 0.3 is 0 Å². The van der Waals surface area contributed by atoms with E-state index in [1.807, 2.05) is 18.3 Å². The van der Waals surface area contributed by atoms with E-state index in [0.717, 1.165) is 35.7 Å². The lowest BCUT2D eigenvalue weighted by atomic mass is 9.80. The molecule has 1 saturated carbocycles. The largest absolute Gasteiger partial charge is 0.388 e. The molecule has 1 heterocycles. The van der Waals surface area contributed by atoms with Gasteiger partial charge in [-0.2, -0.15) is 0 Å². The first-order valence-corrected chi connectivity index (χ1v) is 7.12. The Kier molecular flexibility index (Phi) is 3.26. The Morgan fingerprint density at radius 1 is 1.45 bits per heavy atom. The maximum atomic E-state index is 12.0. The van der Waals surface area contributed by atoms with Crippen LogP contribution in [0.15, 0.2) is 24.4 Å². The van der Waals surface area contributed by atoms with Crippen LogP contribution in [0.1, 0.15) is 30.4 Å². The van der Waals surface area contributed by atoms with Gasteiger partial charge in [0.05, 0.1) is 12.0 Å². The van der Waals surface area contributed by atoms with Crippen molar-refractivity contribution in [2.75, 3.05) is 6.54 Å². The quantitative estimate of drug-likeness (QED) is 0.797. The van der Waals surface area contributed by atoms with Gasteiger partial charge in [0, 0.05) is 23.6 Å². The minimum Gasteiger partial charge on any atom is -0.388 e. The minimum atomic E-state index is -0.661. The van der Waals surface area contributed by atoms with Gasteiger partial charge in [0.2, 0.25) is 5.91 Å². The second-order valence-electron chi connectivity index (χ2n) is 5.84. The van der Waals surface area contributed by atoms with Crippen LogP contribution in [0.2, 0.25) is 0 Å². The summed E-state index contributed by atoms with van der Waals surface area (Å²) in [6, 6.07) is 6.07. The van der Waals surface area contributed by atoms with Crippen molar-refractivity contribution in [1.29, 1.82) is 0 Å². The van der Waals surface area contributed by atoms with Gasteiger partial charge in [-0.1, -0.05) is 12.1 Å². The molecule has 1 amide bonds. The van der Waals surface area contributed by atoms with Crippen molar-refractivity contribution in [3.05, 3.63) is 35.5 Å². The number of benzene rings is 1. The summed E-state index contributed by atoms with van der Waals surface area (Å²) in [6.07, 6.45) is 4.88. The fourth-order valence-electron chi connectivity index (χ4n) is 2.85. The molecule has 0 saturated heterocycles. The maximum Gasteiger partial charge on any atom is 0.224 e. The molecule has 106 valence electrons. The Hall–Kier alpha value is -1.81. The Labute approximate surface area is 118 Å². The number of carbonyl (C=O) groups excluding carboxylic acids is 1. The summed E-state index contributed by atoms with van der Waals surface area (Å²) in [6.45, 7) is 2.42. The molecular weight excluding hydrogens is 252 g/mol. The second-order valence-corrected chi connectivity index (χ2v) is 5.84. The normalized spacial score (nSPS) is 16.9. The second kappa shape index (κ2) is 4.94. The Morgan fingerprint density at radius 3 is 2.95 bits per heavy atom. The zero-order valence-corrected chi connectivity index (χ0v) is 11.7. The van der Waals surface area contributed by atoms with Gasteiger partial charge in [0.25, 0.3) is 0 Å². The predicted octanol–water partition coefficient (Wildman–Crippen LogP) is 2.05. The molecule has 1 aliphatic carbocycles. The molecule has 4 heteroatoms. The van der Waals surface area contributed by atoms with Crippen LogP contribution < -0.4 is 5.32 Å². The van der Waals surface area contributed by atoms with Crippen molar-refractivity contribution in [3.8, 4) is 0 Å². The molecule has 0 spiro atoms. The highest BCUT2D eigenvalue weighted by Crippen LogP contribution is 2.30. The molecule has 0 unspecified atom stereocenters. The molecule has 3 N–H and O–H groups in total.